The SMILES string of the molecule is COCc1ccc(CCc2ccc(C#Cc3ccc4cc(F)ccc4c3)c(F)c2)nc1. The van der Waals surface area contributed by atoms with Gasteiger partial charge in [-0.15, -0.1) is 0 Å². The second kappa shape index (κ2) is 9.51. The van der Waals surface area contributed by atoms with Crippen molar-refractivity contribution >= 4 is 10.8 Å². The number of hydrogen-bond acceptors (Lipinski definition) is 2. The lowest BCUT2D eigenvalue weighted by Gasteiger charge is -2.05. The first-order valence-corrected chi connectivity index (χ1v) is 10.0. The van der Waals surface area contributed by atoms with Crippen LogP contribution in [0.25, 0.3) is 10.8 Å². The normalized spacial score (nSPS) is 10.7. The number of nitrogens with zero attached hydrogens (tertiary/aromatic N) is 1. The minimum Gasteiger partial charge on any atom is -0.380 e. The molecule has 2 nitrogen and oxygen atoms in total. The van der Waals surface area contributed by atoms with Gasteiger partial charge in [-0.2, -0.15) is 0 Å². The summed E-state index contributed by atoms with van der Waals surface area (Å²) in [5.41, 5.74) is 3.99. The third-order valence-electron chi connectivity index (χ3n) is 5.04. The number of methoxy groups -OCH3 is 1. The highest BCUT2D eigenvalue weighted by Gasteiger charge is 2.04. The molecule has 1 heterocycles. The van der Waals surface area contributed by atoms with E-state index in [9.17, 15) is 8.78 Å². The summed E-state index contributed by atoms with van der Waals surface area (Å²) in [6.45, 7) is 0.540. The van der Waals surface area contributed by atoms with Gasteiger partial charge in [-0.05, 0) is 77.2 Å². The van der Waals surface area contributed by atoms with Crippen molar-refractivity contribution in [3.63, 3.8) is 0 Å². The van der Waals surface area contributed by atoms with Gasteiger partial charge in [0.2, 0.25) is 0 Å². The molecule has 0 aliphatic heterocycles. The van der Waals surface area contributed by atoms with Crippen molar-refractivity contribution in [2.45, 2.75) is 19.4 Å². The van der Waals surface area contributed by atoms with Crippen LogP contribution in [-0.4, -0.2) is 12.1 Å². The molecule has 4 rings (SSSR count). The zero-order valence-electron chi connectivity index (χ0n) is 17.2. The number of ether oxygens (including phenoxy) is 1. The van der Waals surface area contributed by atoms with Gasteiger partial charge in [-0.3, -0.25) is 4.98 Å². The molecule has 0 bridgehead atoms. The van der Waals surface area contributed by atoms with Crippen molar-refractivity contribution < 1.29 is 13.5 Å². The van der Waals surface area contributed by atoms with Gasteiger partial charge < -0.3 is 4.74 Å². The summed E-state index contributed by atoms with van der Waals surface area (Å²) in [5, 5.41) is 1.71. The molecule has 0 radical (unpaired) electrons. The molecule has 4 aromatic rings. The fraction of sp³-hybridized carbons (Fsp3) is 0.148. The zero-order chi connectivity index (χ0) is 21.6. The summed E-state index contributed by atoms with van der Waals surface area (Å²) in [4.78, 5) is 4.42. The molecule has 0 spiro atoms. The van der Waals surface area contributed by atoms with Crippen LogP contribution >= 0.6 is 0 Å². The van der Waals surface area contributed by atoms with Crippen molar-refractivity contribution in [1.82, 2.24) is 4.98 Å². The third kappa shape index (κ3) is 5.33. The van der Waals surface area contributed by atoms with E-state index in [1.165, 1.54) is 18.2 Å². The monoisotopic (exact) mass is 413 g/mol. The van der Waals surface area contributed by atoms with Crippen LogP contribution in [0.5, 0.6) is 0 Å². The Morgan fingerprint density at radius 2 is 1.61 bits per heavy atom. The highest BCUT2D eigenvalue weighted by atomic mass is 19.1. The molecule has 0 aliphatic carbocycles. The van der Waals surface area contributed by atoms with E-state index in [0.717, 1.165) is 39.6 Å². The minimum absolute atomic E-state index is 0.271. The van der Waals surface area contributed by atoms with E-state index in [-0.39, 0.29) is 11.6 Å². The highest BCUT2D eigenvalue weighted by molar-refractivity contribution is 5.84. The Hall–Kier alpha value is -3.55. The number of aryl methyl sites for hydroxylation is 2. The molecule has 0 amide bonds. The molecule has 0 fully saturated rings. The van der Waals surface area contributed by atoms with Crippen LogP contribution < -0.4 is 0 Å². The molecular formula is C27H21F2NO. The maximum absolute atomic E-state index is 14.5. The summed E-state index contributed by atoms with van der Waals surface area (Å²) in [7, 11) is 1.65. The lowest BCUT2D eigenvalue weighted by Crippen LogP contribution is -1.97. The molecule has 4 heteroatoms. The van der Waals surface area contributed by atoms with Gasteiger partial charge in [0, 0.05) is 24.6 Å². The van der Waals surface area contributed by atoms with Crippen molar-refractivity contribution in [3.05, 3.63) is 113 Å². The van der Waals surface area contributed by atoms with Gasteiger partial charge in [0.05, 0.1) is 12.2 Å². The van der Waals surface area contributed by atoms with Crippen molar-refractivity contribution in [1.29, 1.82) is 0 Å². The van der Waals surface area contributed by atoms with Gasteiger partial charge in [0.25, 0.3) is 0 Å². The summed E-state index contributed by atoms with van der Waals surface area (Å²) in [6.07, 6.45) is 3.24. The average Bonchev–Trinajstić information content (AvgIpc) is 2.78. The fourth-order valence-corrected chi connectivity index (χ4v) is 3.38. The summed E-state index contributed by atoms with van der Waals surface area (Å²) < 4.78 is 32.9. The Labute approximate surface area is 180 Å². The second-order valence-corrected chi connectivity index (χ2v) is 7.36. The Balaban J connectivity index is 1.44. The average molecular weight is 413 g/mol. The van der Waals surface area contributed by atoms with Crippen LogP contribution in [0.2, 0.25) is 0 Å². The smallest absolute Gasteiger partial charge is 0.139 e. The molecule has 0 aliphatic rings. The van der Waals surface area contributed by atoms with Crippen LogP contribution in [0, 0.1) is 23.5 Å². The summed E-state index contributed by atoms with van der Waals surface area (Å²) in [5.74, 6) is 5.29. The topological polar surface area (TPSA) is 22.1 Å². The van der Waals surface area contributed by atoms with Crippen LogP contribution in [0.1, 0.15) is 27.9 Å². The summed E-state index contributed by atoms with van der Waals surface area (Å²) in [6, 6.07) is 19.2. The second-order valence-electron chi connectivity index (χ2n) is 7.36. The van der Waals surface area contributed by atoms with E-state index < -0.39 is 0 Å². The van der Waals surface area contributed by atoms with Gasteiger partial charge in [0.15, 0.2) is 0 Å². The van der Waals surface area contributed by atoms with Gasteiger partial charge in [-0.25, -0.2) is 8.78 Å². The van der Waals surface area contributed by atoms with Crippen molar-refractivity contribution in [3.8, 4) is 11.8 Å². The Bertz CT molecular complexity index is 1270. The highest BCUT2D eigenvalue weighted by Crippen LogP contribution is 2.17. The zero-order valence-corrected chi connectivity index (χ0v) is 17.2. The van der Waals surface area contributed by atoms with Crippen LogP contribution in [0.3, 0.4) is 0 Å². The number of fused-ring (bicyclic) bond motifs is 1. The van der Waals surface area contributed by atoms with E-state index in [4.69, 9.17) is 4.74 Å². The maximum Gasteiger partial charge on any atom is 0.139 e. The van der Waals surface area contributed by atoms with Crippen LogP contribution in [0.15, 0.2) is 72.9 Å². The number of pyridine rings is 1. The first-order valence-electron chi connectivity index (χ1n) is 10.0. The maximum atomic E-state index is 14.5. The third-order valence-corrected chi connectivity index (χ3v) is 5.04. The lowest BCUT2D eigenvalue weighted by atomic mass is 10.0. The first kappa shape index (κ1) is 20.7. The number of rotatable bonds is 5. The number of benzene rings is 3. The lowest BCUT2D eigenvalue weighted by molar-refractivity contribution is 0.184. The van der Waals surface area contributed by atoms with E-state index in [1.807, 2.05) is 36.4 Å². The van der Waals surface area contributed by atoms with E-state index >= 15 is 0 Å². The molecule has 31 heavy (non-hydrogen) atoms. The van der Waals surface area contributed by atoms with Crippen LogP contribution in [-0.2, 0) is 24.2 Å². The van der Waals surface area contributed by atoms with Gasteiger partial charge >= 0.3 is 0 Å². The molecule has 0 atom stereocenters. The number of aromatic nitrogens is 1. The van der Waals surface area contributed by atoms with Gasteiger partial charge in [0.1, 0.15) is 11.6 Å². The molecule has 1 aromatic heterocycles. The molecule has 154 valence electrons. The van der Waals surface area contributed by atoms with Gasteiger partial charge in [-0.1, -0.05) is 36.1 Å². The molecule has 3 aromatic carbocycles. The first-order chi connectivity index (χ1) is 15.1. The Morgan fingerprint density at radius 3 is 2.39 bits per heavy atom. The Morgan fingerprint density at radius 1 is 0.806 bits per heavy atom. The number of halogens is 2. The Kier molecular flexibility index (Phi) is 6.35. The molecule has 0 saturated heterocycles. The van der Waals surface area contributed by atoms with E-state index in [1.54, 1.807) is 25.4 Å². The molecule has 0 saturated carbocycles. The predicted molar refractivity (Wildman–Crippen MR) is 119 cm³/mol. The fourth-order valence-electron chi connectivity index (χ4n) is 3.38. The van der Waals surface area contributed by atoms with E-state index in [0.29, 0.717) is 18.6 Å². The van der Waals surface area contributed by atoms with Crippen molar-refractivity contribution in [2.24, 2.45) is 0 Å². The van der Waals surface area contributed by atoms with Crippen LogP contribution in [0.4, 0.5) is 8.78 Å². The molecule has 0 unspecified atom stereocenters. The minimum atomic E-state index is -0.337. The standard InChI is InChI=1S/C27H21F2NO/c1-31-18-21-6-13-26(30-17-21)12-5-20-3-8-22(27(29)15-20)7-2-19-4-9-24-16-25(28)11-10-23(24)14-19/h3-4,6,8-11,13-17H,5,12,18H2,1H3. The largest absolute Gasteiger partial charge is 0.380 e. The quantitative estimate of drug-likeness (QED) is 0.383. The summed E-state index contributed by atoms with van der Waals surface area (Å²) >= 11 is 0. The molecule has 0 N–H and O–H groups in total. The van der Waals surface area contributed by atoms with Crippen molar-refractivity contribution in [2.75, 3.05) is 7.11 Å². The predicted octanol–water partition coefficient (Wildman–Crippen LogP) is 5.84. The number of hydrogen-bond donors (Lipinski definition) is 0. The molecular weight excluding hydrogens is 392 g/mol. The van der Waals surface area contributed by atoms with E-state index in [2.05, 4.69) is 16.8 Å².